The number of benzene rings is 1. The summed E-state index contributed by atoms with van der Waals surface area (Å²) in [5.41, 5.74) is 8.43. The largest absolute Gasteiger partial charge is 0.573 e. The fraction of sp³-hybridized carbons (Fsp3) is 0.182. The Labute approximate surface area is 105 Å². The average Bonchev–Trinajstić information content (AvgIpc) is 2.32. The summed E-state index contributed by atoms with van der Waals surface area (Å²) < 4.78 is 40.0. The van der Waals surface area contributed by atoms with Crippen LogP contribution < -0.4 is 4.74 Å². The Hall–Kier alpha value is -2.47. The van der Waals surface area contributed by atoms with Crippen molar-refractivity contribution in [2.24, 2.45) is 5.11 Å². The number of ether oxygens (including phenoxy) is 1. The quantitative estimate of drug-likeness (QED) is 0.354. The zero-order valence-electron chi connectivity index (χ0n) is 9.46. The highest BCUT2D eigenvalue weighted by atomic mass is 19.4. The van der Waals surface area contributed by atoms with Crippen LogP contribution in [0.2, 0.25) is 0 Å². The molecular weight excluding hydrogens is 263 g/mol. The molecule has 0 heterocycles. The predicted octanol–water partition coefficient (Wildman–Crippen LogP) is 3.72. The van der Waals surface area contributed by atoms with Gasteiger partial charge in [-0.1, -0.05) is 17.3 Å². The van der Waals surface area contributed by atoms with E-state index >= 15 is 0 Å². The number of hydrogen-bond donors (Lipinski definition) is 0. The molecule has 0 aliphatic heterocycles. The maximum atomic E-state index is 12.1. The molecule has 0 aromatic heterocycles. The van der Waals surface area contributed by atoms with Crippen molar-refractivity contribution >= 4 is 12.4 Å². The van der Waals surface area contributed by atoms with Gasteiger partial charge in [0.05, 0.1) is 0 Å². The van der Waals surface area contributed by atoms with Crippen LogP contribution in [0.25, 0.3) is 16.5 Å². The van der Waals surface area contributed by atoms with Crippen molar-refractivity contribution in [3.05, 3.63) is 45.8 Å². The molecule has 0 bridgehead atoms. The number of alkyl halides is 3. The SMILES string of the molecule is [N-]=[N+]=NCC=Cc1cc(C=O)cc(OC(F)(F)F)c1. The van der Waals surface area contributed by atoms with Crippen molar-refractivity contribution < 1.29 is 22.7 Å². The minimum absolute atomic E-state index is 0.0465. The molecule has 0 N–H and O–H groups in total. The fourth-order valence-electron chi connectivity index (χ4n) is 1.28. The van der Waals surface area contributed by atoms with Gasteiger partial charge in [0, 0.05) is 17.0 Å². The zero-order chi connectivity index (χ0) is 14.3. The molecule has 0 aliphatic carbocycles. The molecule has 0 aliphatic rings. The number of nitrogens with zero attached hydrogens (tertiary/aromatic N) is 3. The molecule has 1 aromatic carbocycles. The lowest BCUT2D eigenvalue weighted by Gasteiger charge is -2.09. The number of aldehydes is 1. The van der Waals surface area contributed by atoms with Crippen LogP contribution in [0.15, 0.2) is 29.4 Å². The lowest BCUT2D eigenvalue weighted by Crippen LogP contribution is -2.17. The van der Waals surface area contributed by atoms with Crippen LogP contribution in [0.4, 0.5) is 13.2 Å². The Kier molecular flexibility index (Phi) is 4.96. The van der Waals surface area contributed by atoms with Crippen molar-refractivity contribution in [1.82, 2.24) is 0 Å². The maximum Gasteiger partial charge on any atom is 0.573 e. The van der Waals surface area contributed by atoms with Crippen molar-refractivity contribution in [1.29, 1.82) is 0 Å². The maximum absolute atomic E-state index is 12.1. The Balaban J connectivity index is 2.98. The first-order valence-electron chi connectivity index (χ1n) is 4.98. The van der Waals surface area contributed by atoms with E-state index < -0.39 is 12.1 Å². The molecule has 5 nitrogen and oxygen atoms in total. The topological polar surface area (TPSA) is 75.1 Å². The molecule has 19 heavy (non-hydrogen) atoms. The summed E-state index contributed by atoms with van der Waals surface area (Å²) in [6.07, 6.45) is -1.55. The van der Waals surface area contributed by atoms with Crippen molar-refractivity contribution in [3.63, 3.8) is 0 Å². The van der Waals surface area contributed by atoms with E-state index in [0.717, 1.165) is 12.1 Å². The van der Waals surface area contributed by atoms with Gasteiger partial charge in [-0.15, -0.1) is 13.2 Å². The highest BCUT2D eigenvalue weighted by Gasteiger charge is 2.31. The van der Waals surface area contributed by atoms with E-state index in [0.29, 0.717) is 11.8 Å². The Morgan fingerprint density at radius 3 is 2.58 bits per heavy atom. The fourth-order valence-corrected chi connectivity index (χ4v) is 1.28. The van der Waals surface area contributed by atoms with Crippen molar-refractivity contribution in [3.8, 4) is 5.75 Å². The van der Waals surface area contributed by atoms with Crippen LogP contribution >= 0.6 is 0 Å². The van der Waals surface area contributed by atoms with E-state index in [2.05, 4.69) is 14.8 Å². The number of azide groups is 1. The smallest absolute Gasteiger partial charge is 0.406 e. The molecule has 100 valence electrons. The number of halogens is 3. The minimum Gasteiger partial charge on any atom is -0.406 e. The van der Waals surface area contributed by atoms with Gasteiger partial charge in [0.2, 0.25) is 0 Å². The minimum atomic E-state index is -4.83. The van der Waals surface area contributed by atoms with Gasteiger partial charge in [-0.2, -0.15) is 0 Å². The van der Waals surface area contributed by atoms with E-state index in [-0.39, 0.29) is 12.1 Å². The molecular formula is C11H8F3N3O2. The molecule has 0 saturated carbocycles. The first-order valence-corrected chi connectivity index (χ1v) is 4.98. The second-order valence-corrected chi connectivity index (χ2v) is 3.32. The summed E-state index contributed by atoms with van der Waals surface area (Å²) in [5, 5.41) is 3.22. The summed E-state index contributed by atoms with van der Waals surface area (Å²) in [4.78, 5) is 13.1. The predicted molar refractivity (Wildman–Crippen MR) is 61.6 cm³/mol. The Bertz CT molecular complexity index is 534. The van der Waals surface area contributed by atoms with Crippen LogP contribution in [-0.4, -0.2) is 19.2 Å². The van der Waals surface area contributed by atoms with Gasteiger partial charge in [-0.05, 0) is 29.3 Å². The molecule has 0 saturated heterocycles. The first kappa shape index (κ1) is 14.6. The Morgan fingerprint density at radius 1 is 1.32 bits per heavy atom. The molecule has 0 fully saturated rings. The summed E-state index contributed by atoms with van der Waals surface area (Å²) in [7, 11) is 0. The lowest BCUT2D eigenvalue weighted by molar-refractivity contribution is -0.274. The number of rotatable bonds is 5. The second-order valence-electron chi connectivity index (χ2n) is 3.32. The monoisotopic (exact) mass is 271 g/mol. The average molecular weight is 271 g/mol. The molecule has 0 atom stereocenters. The van der Waals surface area contributed by atoms with E-state index in [1.165, 1.54) is 18.2 Å². The molecule has 8 heteroatoms. The van der Waals surface area contributed by atoms with Crippen LogP contribution in [-0.2, 0) is 0 Å². The van der Waals surface area contributed by atoms with Gasteiger partial charge in [-0.25, -0.2) is 0 Å². The third-order valence-electron chi connectivity index (χ3n) is 1.88. The van der Waals surface area contributed by atoms with Crippen LogP contribution in [0.1, 0.15) is 15.9 Å². The third kappa shape index (κ3) is 5.60. The molecule has 0 radical (unpaired) electrons. The normalized spacial score (nSPS) is 11.1. The standard InChI is InChI=1S/C11H8F3N3O2/c12-11(13,14)19-10-5-8(2-1-3-16-17-15)4-9(6-10)7-18/h1-2,4-7H,3H2. The number of carbonyl (C=O) groups is 1. The van der Waals surface area contributed by atoms with E-state index in [1.807, 2.05) is 0 Å². The van der Waals surface area contributed by atoms with Crippen LogP contribution in [0, 0.1) is 0 Å². The number of carbonyl (C=O) groups excluding carboxylic acids is 1. The van der Waals surface area contributed by atoms with E-state index in [4.69, 9.17) is 5.53 Å². The van der Waals surface area contributed by atoms with Gasteiger partial charge in [-0.3, -0.25) is 4.79 Å². The van der Waals surface area contributed by atoms with Gasteiger partial charge in [0.1, 0.15) is 12.0 Å². The van der Waals surface area contributed by atoms with Crippen LogP contribution in [0.5, 0.6) is 5.75 Å². The molecule has 1 aromatic rings. The summed E-state index contributed by atoms with van der Waals surface area (Å²) in [5.74, 6) is -0.486. The molecule has 0 unspecified atom stereocenters. The summed E-state index contributed by atoms with van der Waals surface area (Å²) in [6.45, 7) is 0.0529. The van der Waals surface area contributed by atoms with E-state index in [1.54, 1.807) is 0 Å². The molecule has 1 rings (SSSR count). The van der Waals surface area contributed by atoms with Gasteiger partial charge in [0.25, 0.3) is 0 Å². The first-order chi connectivity index (χ1) is 8.94. The summed E-state index contributed by atoms with van der Waals surface area (Å²) in [6, 6.07) is 3.47. The molecule has 0 spiro atoms. The lowest BCUT2D eigenvalue weighted by atomic mass is 10.1. The second kappa shape index (κ2) is 6.46. The number of hydrogen-bond acceptors (Lipinski definition) is 3. The molecule has 0 amide bonds. The van der Waals surface area contributed by atoms with E-state index in [9.17, 15) is 18.0 Å². The highest BCUT2D eigenvalue weighted by molar-refractivity contribution is 5.77. The Morgan fingerprint density at radius 2 is 2.00 bits per heavy atom. The highest BCUT2D eigenvalue weighted by Crippen LogP contribution is 2.25. The van der Waals surface area contributed by atoms with Crippen molar-refractivity contribution in [2.45, 2.75) is 6.36 Å². The third-order valence-corrected chi connectivity index (χ3v) is 1.88. The van der Waals surface area contributed by atoms with Gasteiger partial charge in [0.15, 0.2) is 0 Å². The summed E-state index contributed by atoms with van der Waals surface area (Å²) >= 11 is 0. The van der Waals surface area contributed by atoms with Crippen molar-refractivity contribution in [2.75, 3.05) is 6.54 Å². The van der Waals surface area contributed by atoms with Gasteiger partial charge < -0.3 is 4.74 Å². The van der Waals surface area contributed by atoms with Gasteiger partial charge >= 0.3 is 6.36 Å². The zero-order valence-corrected chi connectivity index (χ0v) is 9.46. The van der Waals surface area contributed by atoms with Crippen LogP contribution in [0.3, 0.4) is 0 Å².